The maximum atomic E-state index is 13.9. The molecule has 5 N–H and O–H groups in total. The summed E-state index contributed by atoms with van der Waals surface area (Å²) in [7, 11) is 0. The van der Waals surface area contributed by atoms with Crippen molar-refractivity contribution < 1.29 is 49.4 Å². The number of fused-ring (bicyclic) bond motifs is 12. The highest BCUT2D eigenvalue weighted by molar-refractivity contribution is 6.19. The van der Waals surface area contributed by atoms with Crippen molar-refractivity contribution in [1.29, 1.82) is 0 Å². The van der Waals surface area contributed by atoms with E-state index < -0.39 is 71.8 Å². The number of carbonyl (C=O) groups is 2. The van der Waals surface area contributed by atoms with E-state index in [1.165, 1.54) is 0 Å². The molecule has 2 saturated carbocycles. The number of ketones is 1. The summed E-state index contributed by atoms with van der Waals surface area (Å²) in [6.45, 7) is 11.0. The van der Waals surface area contributed by atoms with Crippen LogP contribution in [0.3, 0.4) is 0 Å². The monoisotopic (exact) mass is 647 g/mol. The molecule has 258 valence electrons. The van der Waals surface area contributed by atoms with Gasteiger partial charge in [-0.05, 0) is 81.6 Å². The molecule has 0 aromatic rings. The molecule has 17 atom stereocenters. The quantitative estimate of drug-likeness (QED) is 0.173. The second kappa shape index (κ2) is 12.5. The minimum atomic E-state index is -1.71. The van der Waals surface area contributed by atoms with Gasteiger partial charge in [0, 0.05) is 11.8 Å². The lowest BCUT2D eigenvalue weighted by atomic mass is 9.53. The second-order valence-corrected chi connectivity index (χ2v) is 15.5. The van der Waals surface area contributed by atoms with Crippen LogP contribution < -0.4 is 0 Å². The van der Waals surface area contributed by atoms with Crippen LogP contribution >= 0.6 is 0 Å². The van der Waals surface area contributed by atoms with E-state index in [1.807, 2.05) is 0 Å². The number of carbonyl (C=O) groups excluding carboxylic acids is 2. The van der Waals surface area contributed by atoms with E-state index in [-0.39, 0.29) is 47.7 Å². The highest BCUT2D eigenvalue weighted by Gasteiger charge is 2.73. The Morgan fingerprint density at radius 1 is 1.02 bits per heavy atom. The maximum Gasteiger partial charge on any atom is 0.364 e. The molecule has 5 heterocycles. The predicted octanol–water partition coefficient (Wildman–Crippen LogP) is 2.60. The number of nitrogens with zero attached hydrogens (tertiary/aromatic N) is 1. The van der Waals surface area contributed by atoms with Crippen molar-refractivity contribution >= 4 is 11.8 Å². The van der Waals surface area contributed by atoms with Gasteiger partial charge in [0.25, 0.3) is 0 Å². The lowest BCUT2D eigenvalue weighted by Crippen LogP contribution is -2.62. The van der Waals surface area contributed by atoms with Crippen LogP contribution in [0, 0.1) is 41.4 Å². The van der Waals surface area contributed by atoms with Crippen LogP contribution in [-0.2, 0) is 23.9 Å². The summed E-state index contributed by atoms with van der Waals surface area (Å²) in [5.41, 5.74) is -0.616. The van der Waals surface area contributed by atoms with Gasteiger partial charge in [0.15, 0.2) is 5.78 Å². The number of aliphatic hydroxyl groups excluding tert-OH is 5. The molecule has 2 aliphatic carbocycles. The molecule has 11 nitrogen and oxygen atoms in total. The largest absolute Gasteiger partial charge is 0.511 e. The fourth-order valence-corrected chi connectivity index (χ4v) is 9.84. The molecule has 5 aliphatic heterocycles. The molecule has 0 radical (unpaired) electrons. The number of rotatable bonds is 3. The lowest BCUT2D eigenvalue weighted by molar-refractivity contribution is -0.238. The number of epoxide rings is 2. The molecule has 7 rings (SSSR count). The third kappa shape index (κ3) is 5.67. The van der Waals surface area contributed by atoms with Crippen molar-refractivity contribution in [1.82, 2.24) is 5.06 Å². The SMILES string of the molecule is C/C=C(\C)[C@H](O)[C@H](O)[C@H]1[C@@H](O)[C@H](O)[C@@H](C)CCCC[C@@H]2OC2(C)[C@H]2[C@@H]3O[C@@H]3[C@H]3C[C@@H](C)C[C@@H](C)[C@H]3[C@@H]2C(O)=C2C(=O)CN1OC2=O. The van der Waals surface area contributed by atoms with Crippen LogP contribution in [0.4, 0.5) is 0 Å². The first-order valence-electron chi connectivity index (χ1n) is 17.3. The van der Waals surface area contributed by atoms with E-state index in [1.54, 1.807) is 26.8 Å². The van der Waals surface area contributed by atoms with Gasteiger partial charge in [0.05, 0.1) is 36.6 Å². The highest BCUT2D eigenvalue weighted by Crippen LogP contribution is 2.65. The Morgan fingerprint density at radius 2 is 1.72 bits per heavy atom. The molecule has 11 heteroatoms. The number of aliphatic hydroxyl groups is 5. The Kier molecular flexibility index (Phi) is 9.28. The maximum absolute atomic E-state index is 13.9. The normalized spacial score (nSPS) is 49.5. The number of Topliss-reactive ketones (excluding diaryl/α,β-unsaturated/α-hetero) is 1. The summed E-state index contributed by atoms with van der Waals surface area (Å²) >= 11 is 0. The zero-order valence-electron chi connectivity index (χ0n) is 27.9. The van der Waals surface area contributed by atoms with Crippen LogP contribution in [0.1, 0.15) is 80.1 Å². The van der Waals surface area contributed by atoms with Gasteiger partial charge in [0.2, 0.25) is 0 Å². The van der Waals surface area contributed by atoms with Crippen LogP contribution in [0.15, 0.2) is 23.0 Å². The summed E-state index contributed by atoms with van der Waals surface area (Å²) in [6.07, 6.45) is 0.0892. The van der Waals surface area contributed by atoms with Gasteiger partial charge >= 0.3 is 5.97 Å². The highest BCUT2D eigenvalue weighted by atomic mass is 16.7. The van der Waals surface area contributed by atoms with E-state index >= 15 is 0 Å². The molecular formula is C35H53NO10. The van der Waals surface area contributed by atoms with Crippen molar-refractivity contribution in [2.75, 3.05) is 6.54 Å². The van der Waals surface area contributed by atoms with Crippen LogP contribution in [0.5, 0.6) is 0 Å². The second-order valence-electron chi connectivity index (χ2n) is 15.5. The van der Waals surface area contributed by atoms with Gasteiger partial charge in [-0.2, -0.15) is 0 Å². The van der Waals surface area contributed by atoms with Crippen LogP contribution in [-0.4, -0.2) is 103 Å². The Balaban J connectivity index is 1.42. The fraction of sp³-hybridized carbons (Fsp3) is 0.829. The average molecular weight is 648 g/mol. The van der Waals surface area contributed by atoms with Gasteiger partial charge < -0.3 is 39.8 Å². The first-order valence-corrected chi connectivity index (χ1v) is 17.3. The summed E-state index contributed by atoms with van der Waals surface area (Å²) in [5, 5.41) is 57.9. The molecule has 0 aromatic carbocycles. The molecule has 3 saturated heterocycles. The van der Waals surface area contributed by atoms with E-state index in [0.29, 0.717) is 17.9 Å². The third-order valence-electron chi connectivity index (χ3n) is 12.5. The van der Waals surface area contributed by atoms with Gasteiger partial charge in [-0.25, -0.2) is 4.79 Å². The first-order chi connectivity index (χ1) is 21.7. The topological polar surface area (TPSA) is 173 Å². The summed E-state index contributed by atoms with van der Waals surface area (Å²) in [5.74, 6) is -2.44. The van der Waals surface area contributed by atoms with Crippen molar-refractivity contribution in [3.63, 3.8) is 0 Å². The Morgan fingerprint density at radius 3 is 2.39 bits per heavy atom. The van der Waals surface area contributed by atoms with E-state index in [0.717, 1.165) is 37.2 Å². The van der Waals surface area contributed by atoms with Gasteiger partial charge in [-0.15, -0.1) is 5.06 Å². The zero-order valence-corrected chi connectivity index (χ0v) is 27.9. The van der Waals surface area contributed by atoms with E-state index in [4.69, 9.17) is 14.3 Å². The molecular weight excluding hydrogens is 594 g/mol. The van der Waals surface area contributed by atoms with E-state index in [9.17, 15) is 35.1 Å². The average Bonchev–Trinajstić information content (AvgIpc) is 3.92. The van der Waals surface area contributed by atoms with Crippen molar-refractivity contribution in [3.8, 4) is 0 Å². The lowest BCUT2D eigenvalue weighted by Gasteiger charge is -2.49. The summed E-state index contributed by atoms with van der Waals surface area (Å²) in [4.78, 5) is 33.4. The molecule has 0 spiro atoms. The minimum absolute atomic E-state index is 0.0221. The number of hydrogen-bond donors (Lipinski definition) is 5. The summed E-state index contributed by atoms with van der Waals surface area (Å²) < 4.78 is 12.8. The number of ether oxygens (including phenoxy) is 2. The fourth-order valence-electron chi connectivity index (χ4n) is 9.84. The van der Waals surface area contributed by atoms with Crippen LogP contribution in [0.25, 0.3) is 0 Å². The molecule has 2 bridgehead atoms. The zero-order chi connectivity index (χ0) is 33.4. The van der Waals surface area contributed by atoms with Crippen molar-refractivity contribution in [2.45, 2.75) is 134 Å². The Hall–Kier alpha value is -1.86. The third-order valence-corrected chi connectivity index (χ3v) is 12.5. The van der Waals surface area contributed by atoms with Gasteiger partial charge in [-0.3, -0.25) is 4.79 Å². The van der Waals surface area contributed by atoms with Gasteiger partial charge in [-0.1, -0.05) is 39.7 Å². The summed E-state index contributed by atoms with van der Waals surface area (Å²) in [6, 6.07) is -1.53. The number of hydrogen-bond acceptors (Lipinski definition) is 11. The molecule has 5 fully saturated rings. The molecule has 2 unspecified atom stereocenters. The predicted molar refractivity (Wildman–Crippen MR) is 166 cm³/mol. The molecule has 0 amide bonds. The number of allylic oxidation sites excluding steroid dienone is 2. The minimum Gasteiger partial charge on any atom is -0.511 e. The molecule has 46 heavy (non-hydrogen) atoms. The molecule has 0 aromatic heterocycles. The smallest absolute Gasteiger partial charge is 0.364 e. The van der Waals surface area contributed by atoms with Crippen molar-refractivity contribution in [3.05, 3.63) is 23.0 Å². The standard InChI is InChI=1S/C35H53NO10/c1-7-16(3)27(38)30(41)26-31(42)28(39)17(4)10-8-9-11-21-35(6,45-21)25-24(29(40)23-20(37)14-36(26)46-34(23)43)22-18(5)12-15(2)13-19(22)32-33(25)44-32/h7,15,17-19,21-22,24-28,30-33,38-42H,8-14H2,1-6H3/b16-7+,29-23?/t15-,17-,18+,19-,21-,22+,24-,25+,26-,27-,28+,30+,31+,32+,33-,35?/m0/s1. The number of hydroxylamine groups is 2. The Labute approximate surface area is 271 Å². The van der Waals surface area contributed by atoms with Crippen molar-refractivity contribution in [2.24, 2.45) is 41.4 Å². The van der Waals surface area contributed by atoms with Crippen LogP contribution in [0.2, 0.25) is 0 Å². The van der Waals surface area contributed by atoms with Gasteiger partial charge in [0.1, 0.15) is 35.7 Å². The van der Waals surface area contributed by atoms with E-state index in [2.05, 4.69) is 20.8 Å². The molecule has 7 aliphatic rings. The first kappa shape index (κ1) is 34.0. The Bertz CT molecular complexity index is 1250.